The van der Waals surface area contributed by atoms with E-state index in [1.807, 2.05) is 6.07 Å². The standard InChI is InChI=1S/C15H10ClFO2/c16-11-6-7-13-12(8-11)14(18)19-15(13,9-17)10-4-2-1-3-5-10/h1-8H,9H2/t15-/m1/s1. The molecule has 0 aliphatic carbocycles. The molecule has 1 aliphatic rings. The zero-order valence-corrected chi connectivity index (χ0v) is 10.7. The molecule has 1 heterocycles. The van der Waals surface area contributed by atoms with Gasteiger partial charge in [-0.1, -0.05) is 48.0 Å². The highest BCUT2D eigenvalue weighted by Gasteiger charge is 2.47. The Kier molecular flexibility index (Phi) is 2.79. The molecule has 2 nitrogen and oxygen atoms in total. The fourth-order valence-corrected chi connectivity index (χ4v) is 2.58. The predicted octanol–water partition coefficient (Wildman–Crippen LogP) is 3.72. The first-order valence-electron chi connectivity index (χ1n) is 5.82. The zero-order valence-electron chi connectivity index (χ0n) is 9.90. The van der Waals surface area contributed by atoms with Crippen molar-refractivity contribution in [2.45, 2.75) is 5.60 Å². The highest BCUT2D eigenvalue weighted by atomic mass is 35.5. The first-order valence-corrected chi connectivity index (χ1v) is 6.20. The Hall–Kier alpha value is -1.87. The molecule has 0 fully saturated rings. The normalized spacial score (nSPS) is 21.1. The largest absolute Gasteiger partial charge is 0.443 e. The maximum absolute atomic E-state index is 13.7. The van der Waals surface area contributed by atoms with E-state index in [4.69, 9.17) is 16.3 Å². The Bertz CT molecular complexity index is 642. The van der Waals surface area contributed by atoms with Crippen LogP contribution in [0.2, 0.25) is 5.02 Å². The van der Waals surface area contributed by atoms with Gasteiger partial charge in [-0.15, -0.1) is 0 Å². The number of cyclic esters (lactones) is 1. The summed E-state index contributed by atoms with van der Waals surface area (Å²) < 4.78 is 19.0. The number of esters is 1. The summed E-state index contributed by atoms with van der Waals surface area (Å²) in [7, 11) is 0. The minimum absolute atomic E-state index is 0.328. The summed E-state index contributed by atoms with van der Waals surface area (Å²) in [5, 5.41) is 0.429. The van der Waals surface area contributed by atoms with E-state index in [0.717, 1.165) is 0 Å². The van der Waals surface area contributed by atoms with Crippen molar-refractivity contribution in [3.63, 3.8) is 0 Å². The number of alkyl halides is 1. The molecule has 0 saturated heterocycles. The number of carbonyl (C=O) groups excluding carboxylic acids is 1. The van der Waals surface area contributed by atoms with Crippen LogP contribution < -0.4 is 0 Å². The average molecular weight is 277 g/mol. The second kappa shape index (κ2) is 4.35. The van der Waals surface area contributed by atoms with Crippen LogP contribution in [0.15, 0.2) is 48.5 Å². The lowest BCUT2D eigenvalue weighted by Crippen LogP contribution is -2.30. The molecule has 0 saturated carbocycles. The fraction of sp³-hybridized carbons (Fsp3) is 0.133. The summed E-state index contributed by atoms with van der Waals surface area (Å²) in [5.74, 6) is -0.543. The number of hydrogen-bond acceptors (Lipinski definition) is 2. The molecule has 0 amide bonds. The number of hydrogen-bond donors (Lipinski definition) is 0. The molecular formula is C15H10ClFO2. The van der Waals surface area contributed by atoms with Gasteiger partial charge in [-0.25, -0.2) is 9.18 Å². The van der Waals surface area contributed by atoms with Crippen LogP contribution >= 0.6 is 11.6 Å². The number of benzene rings is 2. The van der Waals surface area contributed by atoms with Gasteiger partial charge in [-0.2, -0.15) is 0 Å². The molecule has 0 unspecified atom stereocenters. The van der Waals surface area contributed by atoms with Crippen LogP contribution in [0.3, 0.4) is 0 Å². The molecule has 0 spiro atoms. The lowest BCUT2D eigenvalue weighted by Gasteiger charge is -2.26. The number of rotatable bonds is 2. The van der Waals surface area contributed by atoms with Gasteiger partial charge in [0.15, 0.2) is 5.60 Å². The Morgan fingerprint density at radius 2 is 1.89 bits per heavy atom. The highest BCUT2D eigenvalue weighted by Crippen LogP contribution is 2.42. The van der Waals surface area contributed by atoms with Crippen LogP contribution in [0, 0.1) is 0 Å². The van der Waals surface area contributed by atoms with Crippen LogP contribution in [0.1, 0.15) is 21.5 Å². The quantitative estimate of drug-likeness (QED) is 0.782. The predicted molar refractivity (Wildman–Crippen MR) is 70.1 cm³/mol. The first-order chi connectivity index (χ1) is 9.17. The number of halogens is 2. The molecule has 2 aromatic rings. The smallest absolute Gasteiger partial charge is 0.339 e. The van der Waals surface area contributed by atoms with Gasteiger partial charge in [0.25, 0.3) is 0 Å². The molecule has 19 heavy (non-hydrogen) atoms. The molecule has 1 aliphatic heterocycles. The lowest BCUT2D eigenvalue weighted by atomic mass is 9.87. The molecule has 0 aromatic heterocycles. The van der Waals surface area contributed by atoms with Crippen LogP contribution in [0.5, 0.6) is 0 Å². The average Bonchev–Trinajstić information content (AvgIpc) is 2.73. The van der Waals surface area contributed by atoms with Crippen molar-refractivity contribution in [1.29, 1.82) is 0 Å². The summed E-state index contributed by atoms with van der Waals surface area (Å²) in [4.78, 5) is 11.9. The van der Waals surface area contributed by atoms with E-state index in [9.17, 15) is 9.18 Å². The van der Waals surface area contributed by atoms with Gasteiger partial charge >= 0.3 is 5.97 Å². The summed E-state index contributed by atoms with van der Waals surface area (Å²) in [6, 6.07) is 13.7. The zero-order chi connectivity index (χ0) is 13.5. The molecule has 2 aromatic carbocycles. The van der Waals surface area contributed by atoms with Gasteiger partial charge in [-0.3, -0.25) is 0 Å². The van der Waals surface area contributed by atoms with E-state index in [0.29, 0.717) is 21.7 Å². The van der Waals surface area contributed by atoms with Gasteiger partial charge in [0.05, 0.1) is 5.56 Å². The molecule has 96 valence electrons. The minimum atomic E-state index is -1.35. The van der Waals surface area contributed by atoms with Gasteiger partial charge < -0.3 is 4.74 Å². The topological polar surface area (TPSA) is 26.3 Å². The molecule has 3 rings (SSSR count). The van der Waals surface area contributed by atoms with E-state index in [2.05, 4.69) is 0 Å². The molecule has 0 bridgehead atoms. The summed E-state index contributed by atoms with van der Waals surface area (Å²) >= 11 is 5.87. The highest BCUT2D eigenvalue weighted by molar-refractivity contribution is 6.31. The van der Waals surface area contributed by atoms with Crippen molar-refractivity contribution in [2.24, 2.45) is 0 Å². The van der Waals surface area contributed by atoms with Crippen LogP contribution in [0.25, 0.3) is 0 Å². The summed E-state index contributed by atoms with van der Waals surface area (Å²) in [6.07, 6.45) is 0. The third-order valence-corrected chi connectivity index (χ3v) is 3.57. The maximum Gasteiger partial charge on any atom is 0.339 e. The van der Waals surface area contributed by atoms with E-state index in [-0.39, 0.29) is 0 Å². The Balaban J connectivity index is 2.24. The first kappa shape index (κ1) is 12.2. The Labute approximate surface area is 114 Å². The summed E-state index contributed by atoms with van der Waals surface area (Å²) in [5.41, 5.74) is 0.120. The van der Waals surface area contributed by atoms with Crippen molar-refractivity contribution in [1.82, 2.24) is 0 Å². The lowest BCUT2D eigenvalue weighted by molar-refractivity contribution is 0.000392. The Morgan fingerprint density at radius 3 is 2.58 bits per heavy atom. The monoisotopic (exact) mass is 276 g/mol. The molecule has 4 heteroatoms. The number of ether oxygens (including phenoxy) is 1. The second-order valence-corrected chi connectivity index (χ2v) is 4.84. The fourth-order valence-electron chi connectivity index (χ4n) is 2.40. The number of carbonyl (C=O) groups is 1. The van der Waals surface area contributed by atoms with Gasteiger partial charge in [0, 0.05) is 16.1 Å². The second-order valence-electron chi connectivity index (χ2n) is 4.41. The van der Waals surface area contributed by atoms with Crippen LogP contribution in [-0.2, 0) is 10.3 Å². The van der Waals surface area contributed by atoms with Gasteiger partial charge in [0.2, 0.25) is 0 Å². The molecule has 0 radical (unpaired) electrons. The van der Waals surface area contributed by atoms with Crippen molar-refractivity contribution in [2.75, 3.05) is 6.67 Å². The van der Waals surface area contributed by atoms with Crippen LogP contribution in [-0.4, -0.2) is 12.6 Å². The third kappa shape index (κ3) is 1.73. The van der Waals surface area contributed by atoms with E-state index in [1.54, 1.807) is 36.4 Å². The van der Waals surface area contributed by atoms with Crippen molar-refractivity contribution in [3.05, 3.63) is 70.2 Å². The minimum Gasteiger partial charge on any atom is -0.443 e. The molecular weight excluding hydrogens is 267 g/mol. The van der Waals surface area contributed by atoms with E-state index < -0.39 is 18.2 Å². The van der Waals surface area contributed by atoms with Crippen LogP contribution in [0.4, 0.5) is 4.39 Å². The van der Waals surface area contributed by atoms with Gasteiger partial charge in [0.1, 0.15) is 6.67 Å². The number of fused-ring (bicyclic) bond motifs is 1. The van der Waals surface area contributed by atoms with Crippen molar-refractivity contribution >= 4 is 17.6 Å². The van der Waals surface area contributed by atoms with Crippen molar-refractivity contribution < 1.29 is 13.9 Å². The SMILES string of the molecule is O=C1O[C@](CF)(c2ccccc2)c2ccc(Cl)cc21. The molecule has 1 atom stereocenters. The molecule has 0 N–H and O–H groups in total. The third-order valence-electron chi connectivity index (χ3n) is 3.33. The Morgan fingerprint density at radius 1 is 1.16 bits per heavy atom. The van der Waals surface area contributed by atoms with E-state index >= 15 is 0 Å². The summed E-state index contributed by atoms with van der Waals surface area (Å²) in [6.45, 7) is -0.808. The van der Waals surface area contributed by atoms with Crippen molar-refractivity contribution in [3.8, 4) is 0 Å². The van der Waals surface area contributed by atoms with E-state index in [1.165, 1.54) is 6.07 Å². The maximum atomic E-state index is 13.7. The van der Waals surface area contributed by atoms with Gasteiger partial charge in [-0.05, 0) is 12.1 Å².